The van der Waals surface area contributed by atoms with Crippen LogP contribution in [0.1, 0.15) is 32.8 Å². The predicted octanol–water partition coefficient (Wildman–Crippen LogP) is 4.49. The van der Waals surface area contributed by atoms with Crippen molar-refractivity contribution in [2.75, 3.05) is 0 Å². The van der Waals surface area contributed by atoms with Crippen LogP contribution in [0, 0.1) is 0 Å². The van der Waals surface area contributed by atoms with Crippen molar-refractivity contribution in [3.63, 3.8) is 0 Å². The molecule has 1 aromatic carbocycles. The number of carbonyl (C=O) groups excluding carboxylic acids is 2. The average Bonchev–Trinajstić information content (AvgIpc) is 2.79. The van der Waals surface area contributed by atoms with Crippen LogP contribution in [-0.2, 0) is 15.9 Å². The molecule has 2 atom stereocenters. The summed E-state index contributed by atoms with van der Waals surface area (Å²) in [6.07, 6.45) is 2.59. The molecule has 134 valence electrons. The summed E-state index contributed by atoms with van der Waals surface area (Å²) in [7, 11) is 0. The number of rotatable bonds is 5. The molecule has 0 unspecified atom stereocenters. The summed E-state index contributed by atoms with van der Waals surface area (Å²) in [4.78, 5) is 26.2. The zero-order valence-corrected chi connectivity index (χ0v) is 15.0. The lowest BCUT2D eigenvalue weighted by Gasteiger charge is -2.32. The molecular weight excluding hydrogens is 318 g/mol. The van der Waals surface area contributed by atoms with Gasteiger partial charge < -0.3 is 9.47 Å². The van der Waals surface area contributed by atoms with Crippen molar-refractivity contribution in [2.45, 2.75) is 50.9 Å². The van der Waals surface area contributed by atoms with Gasteiger partial charge >= 0.3 is 12.2 Å². The van der Waals surface area contributed by atoms with Crippen molar-refractivity contribution < 1.29 is 19.1 Å². The van der Waals surface area contributed by atoms with E-state index in [1.54, 1.807) is 32.9 Å². The number of carbonyl (C=O) groups is 2. The zero-order valence-electron chi connectivity index (χ0n) is 15.0. The van der Waals surface area contributed by atoms with Gasteiger partial charge in [-0.15, -0.1) is 6.58 Å². The zero-order chi connectivity index (χ0) is 18.7. The Morgan fingerprint density at radius 3 is 2.48 bits per heavy atom. The van der Waals surface area contributed by atoms with E-state index in [0.717, 1.165) is 10.5 Å². The number of imide groups is 1. The maximum absolute atomic E-state index is 12.6. The van der Waals surface area contributed by atoms with Gasteiger partial charge in [0.2, 0.25) is 0 Å². The molecule has 1 aliphatic heterocycles. The quantitative estimate of drug-likeness (QED) is 0.739. The van der Waals surface area contributed by atoms with E-state index in [4.69, 9.17) is 9.47 Å². The van der Waals surface area contributed by atoms with Crippen molar-refractivity contribution in [1.82, 2.24) is 4.90 Å². The first-order valence-electron chi connectivity index (χ1n) is 8.26. The molecule has 1 fully saturated rings. The lowest BCUT2D eigenvalue weighted by Crippen LogP contribution is -2.49. The van der Waals surface area contributed by atoms with Gasteiger partial charge in [0.05, 0.1) is 6.04 Å². The first kappa shape index (κ1) is 18.8. The summed E-state index contributed by atoms with van der Waals surface area (Å²) in [6.45, 7) is 12.8. The largest absolute Gasteiger partial charge is 0.443 e. The highest BCUT2D eigenvalue weighted by molar-refractivity contribution is 5.91. The van der Waals surface area contributed by atoms with Crippen molar-refractivity contribution in [1.29, 1.82) is 0 Å². The van der Waals surface area contributed by atoms with E-state index in [2.05, 4.69) is 13.2 Å². The Labute approximate surface area is 148 Å². The summed E-state index contributed by atoms with van der Waals surface area (Å²) >= 11 is 0. The molecule has 0 radical (unpaired) electrons. The molecule has 5 nitrogen and oxygen atoms in total. The van der Waals surface area contributed by atoms with Crippen molar-refractivity contribution in [3.05, 3.63) is 61.2 Å². The molecule has 25 heavy (non-hydrogen) atoms. The molecule has 0 aliphatic carbocycles. The normalized spacial score (nSPS) is 23.1. The number of nitrogens with zero attached hydrogens (tertiary/aromatic N) is 1. The van der Waals surface area contributed by atoms with Crippen LogP contribution in [0.5, 0.6) is 0 Å². The number of ether oxygens (including phenoxy) is 2. The highest BCUT2D eigenvalue weighted by Gasteiger charge is 2.55. The minimum atomic E-state index is -1.02. The minimum Gasteiger partial charge on any atom is -0.443 e. The summed E-state index contributed by atoms with van der Waals surface area (Å²) in [6, 6.07) is 9.06. The third-order valence-corrected chi connectivity index (χ3v) is 4.02. The molecule has 1 aliphatic rings. The van der Waals surface area contributed by atoms with Gasteiger partial charge in [0.25, 0.3) is 0 Å². The monoisotopic (exact) mass is 343 g/mol. The van der Waals surface area contributed by atoms with E-state index >= 15 is 0 Å². The van der Waals surface area contributed by atoms with Crippen LogP contribution in [-0.4, -0.2) is 34.3 Å². The topological polar surface area (TPSA) is 55.8 Å². The number of benzene rings is 1. The van der Waals surface area contributed by atoms with Gasteiger partial charge in [0.1, 0.15) is 5.60 Å². The van der Waals surface area contributed by atoms with Crippen molar-refractivity contribution in [2.24, 2.45) is 0 Å². The van der Waals surface area contributed by atoms with E-state index in [1.165, 1.54) is 0 Å². The smallest absolute Gasteiger partial charge is 0.420 e. The second-order valence-corrected chi connectivity index (χ2v) is 7.08. The standard InChI is InChI=1S/C20H25NO4/c1-6-13-20(7-2)16(14-15-11-9-8-10-12-15)21(18(23)25-20)17(22)24-19(3,4)5/h6-12,16H,1-2,13-14H2,3-5H3/t16-,20-/m0/s1. The molecule has 0 N–H and O–H groups in total. The SMILES string of the molecule is C=CC[C@]1(C=C)OC(=O)N(C(=O)OC(C)(C)C)[C@H]1Cc1ccccc1. The van der Waals surface area contributed by atoms with Gasteiger partial charge in [-0.1, -0.05) is 43.0 Å². The lowest BCUT2D eigenvalue weighted by atomic mass is 9.86. The number of hydrogen-bond donors (Lipinski definition) is 0. The fraction of sp³-hybridized carbons (Fsp3) is 0.400. The van der Waals surface area contributed by atoms with Gasteiger partial charge in [-0.2, -0.15) is 0 Å². The molecule has 1 aromatic rings. The van der Waals surface area contributed by atoms with E-state index in [1.807, 2.05) is 30.3 Å². The summed E-state index contributed by atoms with van der Waals surface area (Å²) in [5.74, 6) is 0. The molecular formula is C20H25NO4. The fourth-order valence-electron chi connectivity index (χ4n) is 2.90. The highest BCUT2D eigenvalue weighted by atomic mass is 16.6. The Kier molecular flexibility index (Phi) is 5.36. The third-order valence-electron chi connectivity index (χ3n) is 4.02. The molecule has 0 saturated carbocycles. The second-order valence-electron chi connectivity index (χ2n) is 7.08. The van der Waals surface area contributed by atoms with E-state index in [-0.39, 0.29) is 0 Å². The van der Waals surface area contributed by atoms with Gasteiger partial charge in [-0.05, 0) is 38.8 Å². The molecule has 1 saturated heterocycles. The molecule has 0 bridgehead atoms. The van der Waals surface area contributed by atoms with Crippen molar-refractivity contribution >= 4 is 12.2 Å². The van der Waals surface area contributed by atoms with Crippen LogP contribution in [0.25, 0.3) is 0 Å². The molecule has 0 spiro atoms. The van der Waals surface area contributed by atoms with Crippen molar-refractivity contribution in [3.8, 4) is 0 Å². The van der Waals surface area contributed by atoms with Gasteiger partial charge in [-0.25, -0.2) is 14.5 Å². The Morgan fingerprint density at radius 1 is 1.32 bits per heavy atom. The minimum absolute atomic E-state index is 0.360. The summed E-state index contributed by atoms with van der Waals surface area (Å²) < 4.78 is 11.0. The first-order chi connectivity index (χ1) is 11.7. The fourth-order valence-corrected chi connectivity index (χ4v) is 2.90. The Bertz CT molecular complexity index is 662. The molecule has 2 amide bonds. The van der Waals surface area contributed by atoms with Gasteiger partial charge in [0, 0.05) is 6.42 Å². The van der Waals surface area contributed by atoms with Crippen LogP contribution in [0.3, 0.4) is 0 Å². The van der Waals surface area contributed by atoms with Crippen LogP contribution < -0.4 is 0 Å². The van der Waals surface area contributed by atoms with E-state index in [0.29, 0.717) is 12.8 Å². The number of amides is 2. The Morgan fingerprint density at radius 2 is 1.96 bits per heavy atom. The maximum Gasteiger partial charge on any atom is 0.420 e. The predicted molar refractivity (Wildman–Crippen MR) is 96.2 cm³/mol. The second kappa shape index (κ2) is 7.13. The van der Waals surface area contributed by atoms with Gasteiger partial charge in [-0.3, -0.25) is 0 Å². The average molecular weight is 343 g/mol. The molecule has 5 heteroatoms. The molecule has 2 rings (SSSR count). The summed E-state index contributed by atoms with van der Waals surface area (Å²) in [5.41, 5.74) is -0.757. The molecule has 1 heterocycles. The lowest BCUT2D eigenvalue weighted by molar-refractivity contribution is 0.0271. The molecule has 0 aromatic heterocycles. The first-order valence-corrected chi connectivity index (χ1v) is 8.26. The Balaban J connectivity index is 2.41. The van der Waals surface area contributed by atoms with Crippen LogP contribution in [0.15, 0.2) is 55.6 Å². The third kappa shape index (κ3) is 4.10. The Hall–Kier alpha value is -2.56. The van der Waals surface area contributed by atoms with Crippen LogP contribution >= 0.6 is 0 Å². The van der Waals surface area contributed by atoms with Gasteiger partial charge in [0.15, 0.2) is 5.60 Å². The van der Waals surface area contributed by atoms with E-state index < -0.39 is 29.4 Å². The number of hydrogen-bond acceptors (Lipinski definition) is 4. The van der Waals surface area contributed by atoms with Crippen LogP contribution in [0.2, 0.25) is 0 Å². The van der Waals surface area contributed by atoms with Crippen LogP contribution in [0.4, 0.5) is 9.59 Å². The highest BCUT2D eigenvalue weighted by Crippen LogP contribution is 2.37. The number of cyclic esters (lactones) is 1. The summed E-state index contributed by atoms with van der Waals surface area (Å²) in [5, 5.41) is 0. The van der Waals surface area contributed by atoms with E-state index in [9.17, 15) is 9.59 Å². The maximum atomic E-state index is 12.6.